The molecular weight excluding hydrogens is 634 g/mol. The molecule has 6 saturated carbocycles. The summed E-state index contributed by atoms with van der Waals surface area (Å²) in [6.45, 7) is 16.8. The Balaban J connectivity index is 1.06. The molecule has 0 aromatic carbocycles. The van der Waals surface area contributed by atoms with Gasteiger partial charge in [0.15, 0.2) is 0 Å². The van der Waals surface area contributed by atoms with Crippen molar-refractivity contribution in [2.24, 2.45) is 68.3 Å². The van der Waals surface area contributed by atoms with Crippen molar-refractivity contribution < 1.29 is 40.5 Å². The first-order valence-corrected chi connectivity index (χ1v) is 20.3. The van der Waals surface area contributed by atoms with Crippen LogP contribution in [0.2, 0.25) is 0 Å². The van der Waals surface area contributed by atoms with Gasteiger partial charge < -0.3 is 46.2 Å². The van der Waals surface area contributed by atoms with Gasteiger partial charge in [-0.15, -0.1) is 0 Å². The quantitative estimate of drug-likeness (QED) is 0.166. The normalized spacial score (nSPS) is 52.3. The third-order valence-electron chi connectivity index (χ3n) is 18.0. The fourth-order valence-corrected chi connectivity index (χ4v) is 15.0. The van der Waals surface area contributed by atoms with Crippen molar-refractivity contribution in [1.82, 2.24) is 0 Å². The molecule has 9 nitrogen and oxygen atoms in total. The molecule has 9 N–H and O–H groups in total. The SMILES string of the molecule is C[C@H](CCC(O)C(O)C(O)COC1C(N)C(O)C(O)C1(O)CO)[C@H]1CC[C@]2(C)[C@H]3CC[C@@H]4[C@@]5(C)CCCC(C)(C)[C@@H]5CC[C@@]4(C)[C@]3(C)CC[C@@H]12. The van der Waals surface area contributed by atoms with Crippen molar-refractivity contribution >= 4 is 0 Å². The Bertz CT molecular complexity index is 1220. The van der Waals surface area contributed by atoms with Crippen molar-refractivity contribution in [3.63, 3.8) is 0 Å². The summed E-state index contributed by atoms with van der Waals surface area (Å²) in [4.78, 5) is 0. The van der Waals surface area contributed by atoms with E-state index >= 15 is 0 Å². The summed E-state index contributed by atoms with van der Waals surface area (Å²) in [6, 6.07) is -1.20. The predicted molar refractivity (Wildman–Crippen MR) is 193 cm³/mol. The Morgan fingerprint density at radius 1 is 0.740 bits per heavy atom. The van der Waals surface area contributed by atoms with Gasteiger partial charge in [-0.1, -0.05) is 54.9 Å². The predicted octanol–water partition coefficient (Wildman–Crippen LogP) is 4.15. The molecule has 50 heavy (non-hydrogen) atoms. The van der Waals surface area contributed by atoms with Gasteiger partial charge in [-0.2, -0.15) is 0 Å². The van der Waals surface area contributed by atoms with E-state index in [-0.39, 0.29) is 0 Å². The molecule has 6 aliphatic rings. The monoisotopic (exact) mass is 708 g/mol. The third-order valence-corrected chi connectivity index (χ3v) is 18.0. The Morgan fingerprint density at radius 2 is 1.36 bits per heavy atom. The number of hydrogen-bond donors (Lipinski definition) is 8. The number of hydrogen-bond acceptors (Lipinski definition) is 9. The second kappa shape index (κ2) is 13.4. The summed E-state index contributed by atoms with van der Waals surface area (Å²) in [5.41, 5.74) is 5.67. The molecular formula is C41H73NO8. The molecule has 0 aromatic rings. The van der Waals surface area contributed by atoms with Crippen LogP contribution in [0.15, 0.2) is 0 Å². The number of nitrogens with two attached hydrogens (primary N) is 1. The van der Waals surface area contributed by atoms with Gasteiger partial charge in [0.2, 0.25) is 0 Å². The van der Waals surface area contributed by atoms with Crippen LogP contribution in [-0.4, -0.2) is 97.2 Å². The summed E-state index contributed by atoms with van der Waals surface area (Å²) < 4.78 is 5.53. The minimum absolute atomic E-state index is 0.327. The Kier molecular flexibility index (Phi) is 10.6. The van der Waals surface area contributed by atoms with Crippen molar-refractivity contribution in [3.05, 3.63) is 0 Å². The highest BCUT2D eigenvalue weighted by Gasteiger charge is 2.70. The molecule has 6 fully saturated rings. The molecule has 18 atom stereocenters. The van der Waals surface area contributed by atoms with E-state index in [0.29, 0.717) is 51.2 Å². The molecule has 6 rings (SSSR count). The Hall–Kier alpha value is -0.360. The first kappa shape index (κ1) is 39.3. The maximum Gasteiger partial charge on any atom is 0.144 e. The van der Waals surface area contributed by atoms with E-state index in [1.54, 1.807) is 0 Å². The van der Waals surface area contributed by atoms with E-state index in [1.807, 2.05) is 0 Å². The highest BCUT2D eigenvalue weighted by molar-refractivity contribution is 5.19. The highest BCUT2D eigenvalue weighted by Crippen LogP contribution is 2.78. The maximum atomic E-state index is 10.9. The molecule has 0 aromatic heterocycles. The van der Waals surface area contributed by atoms with Crippen LogP contribution in [0.4, 0.5) is 0 Å². The summed E-state index contributed by atoms with van der Waals surface area (Å²) in [7, 11) is 0. The van der Waals surface area contributed by atoms with Gasteiger partial charge in [-0.25, -0.2) is 0 Å². The van der Waals surface area contributed by atoms with Crippen LogP contribution >= 0.6 is 0 Å². The maximum absolute atomic E-state index is 10.9. The average Bonchev–Trinajstić information content (AvgIpc) is 3.49. The molecule has 0 amide bonds. The van der Waals surface area contributed by atoms with Gasteiger partial charge in [0.1, 0.15) is 36.1 Å². The average molecular weight is 708 g/mol. The van der Waals surface area contributed by atoms with Gasteiger partial charge in [0.05, 0.1) is 25.4 Å². The Morgan fingerprint density at radius 3 is 2.00 bits per heavy atom. The van der Waals surface area contributed by atoms with Crippen LogP contribution in [-0.2, 0) is 4.74 Å². The van der Waals surface area contributed by atoms with Gasteiger partial charge in [-0.05, 0) is 140 Å². The minimum atomic E-state index is -2.20. The number of aliphatic hydroxyl groups excluding tert-OH is 6. The lowest BCUT2D eigenvalue weighted by Gasteiger charge is -2.73. The fourth-order valence-electron chi connectivity index (χ4n) is 15.0. The second-order valence-electron chi connectivity index (χ2n) is 20.4. The van der Waals surface area contributed by atoms with E-state index in [4.69, 9.17) is 10.5 Å². The zero-order valence-electron chi connectivity index (χ0n) is 32.2. The Labute approximate surface area is 301 Å². The van der Waals surface area contributed by atoms with Gasteiger partial charge in [0.25, 0.3) is 0 Å². The molecule has 0 heterocycles. The lowest BCUT2D eigenvalue weighted by molar-refractivity contribution is -0.241. The van der Waals surface area contributed by atoms with E-state index in [2.05, 4.69) is 48.5 Å². The highest BCUT2D eigenvalue weighted by atomic mass is 16.5. The van der Waals surface area contributed by atoms with Crippen molar-refractivity contribution in [2.45, 2.75) is 180 Å². The molecule has 0 aliphatic heterocycles. The van der Waals surface area contributed by atoms with E-state index < -0.39 is 61.5 Å². The molecule has 6 aliphatic carbocycles. The van der Waals surface area contributed by atoms with Gasteiger partial charge in [0, 0.05) is 0 Å². The van der Waals surface area contributed by atoms with E-state index in [9.17, 15) is 35.7 Å². The first-order valence-electron chi connectivity index (χ1n) is 20.3. The first-order chi connectivity index (χ1) is 23.2. The molecule has 0 saturated heterocycles. The lowest BCUT2D eigenvalue weighted by Crippen LogP contribution is -2.65. The minimum Gasteiger partial charge on any atom is -0.393 e. The smallest absolute Gasteiger partial charge is 0.144 e. The van der Waals surface area contributed by atoms with E-state index in [1.165, 1.54) is 70.6 Å². The zero-order valence-corrected chi connectivity index (χ0v) is 32.2. The number of ether oxygens (including phenoxy) is 1. The largest absolute Gasteiger partial charge is 0.393 e. The lowest BCUT2D eigenvalue weighted by atomic mass is 9.32. The summed E-state index contributed by atoms with van der Waals surface area (Å²) >= 11 is 0. The summed E-state index contributed by atoms with van der Waals surface area (Å²) in [6.07, 6.45) is 7.11. The third kappa shape index (κ3) is 5.72. The zero-order chi connectivity index (χ0) is 36.8. The van der Waals surface area contributed by atoms with Gasteiger partial charge >= 0.3 is 0 Å². The van der Waals surface area contributed by atoms with Gasteiger partial charge in [-0.3, -0.25) is 0 Å². The number of aliphatic hydroxyl groups is 7. The van der Waals surface area contributed by atoms with Crippen LogP contribution < -0.4 is 5.73 Å². The molecule has 290 valence electrons. The fraction of sp³-hybridized carbons (Fsp3) is 1.00. The number of fused-ring (bicyclic) bond motifs is 7. The van der Waals surface area contributed by atoms with Crippen molar-refractivity contribution in [1.29, 1.82) is 0 Å². The summed E-state index contributed by atoms with van der Waals surface area (Å²) in [5.74, 6) is 4.03. The number of rotatable bonds is 10. The van der Waals surface area contributed by atoms with Crippen LogP contribution in [0.5, 0.6) is 0 Å². The molecule has 0 bridgehead atoms. The topological polar surface area (TPSA) is 177 Å². The summed E-state index contributed by atoms with van der Waals surface area (Å²) in [5, 5.41) is 72.9. The van der Waals surface area contributed by atoms with Crippen LogP contribution in [0.1, 0.15) is 132 Å². The molecule has 8 unspecified atom stereocenters. The van der Waals surface area contributed by atoms with Crippen molar-refractivity contribution in [3.8, 4) is 0 Å². The molecule has 0 spiro atoms. The van der Waals surface area contributed by atoms with Crippen LogP contribution in [0, 0.1) is 62.6 Å². The second-order valence-corrected chi connectivity index (χ2v) is 20.4. The molecule has 9 heteroatoms. The van der Waals surface area contributed by atoms with Crippen LogP contribution in [0.3, 0.4) is 0 Å². The van der Waals surface area contributed by atoms with Crippen LogP contribution in [0.25, 0.3) is 0 Å². The molecule has 0 radical (unpaired) electrons. The van der Waals surface area contributed by atoms with Crippen molar-refractivity contribution in [2.75, 3.05) is 13.2 Å². The standard InChI is InChI=1S/C41H73NO8/c1-23(9-10-26(44)32(46)27(45)21-50-35-31(42)33(47)34(48)41(35,49)22-43)24-13-18-37(4)25(24)14-19-39(6)29(37)11-12-30-38(5)17-8-16-36(2,3)28(38)15-20-40(30,39)7/h23-35,43-49H,8-22,42H2,1-7H3/t23-,24-,25+,26?,27?,28+,29-,30-,31?,32?,33?,34?,35?,37+,38+,39-,40-,41?/m1/s1. The van der Waals surface area contributed by atoms with E-state index in [0.717, 1.165) is 24.2 Å².